The number of ketones is 1. The predicted octanol–water partition coefficient (Wildman–Crippen LogP) is 4.37. The molecule has 1 aliphatic heterocycles. The molecule has 3 rings (SSSR count). The van der Waals surface area contributed by atoms with Crippen molar-refractivity contribution in [3.8, 4) is 11.8 Å². The summed E-state index contributed by atoms with van der Waals surface area (Å²) in [6, 6.07) is 14.7. The van der Waals surface area contributed by atoms with Gasteiger partial charge in [0.2, 0.25) is 0 Å². The molecular weight excluding hydrogens is 342 g/mol. The second kappa shape index (κ2) is 6.17. The van der Waals surface area contributed by atoms with Gasteiger partial charge in [0.05, 0.1) is 23.8 Å². The zero-order valence-corrected chi connectivity index (χ0v) is 13.3. The summed E-state index contributed by atoms with van der Waals surface area (Å²) in [4.78, 5) is 12.7. The molecular formula is C18H12BrNO2. The molecule has 22 heavy (non-hydrogen) atoms. The van der Waals surface area contributed by atoms with E-state index >= 15 is 0 Å². The number of Topliss-reactive ketones (excluding diaryl/α,β-unsaturated/α-hetero) is 1. The van der Waals surface area contributed by atoms with E-state index in [0.29, 0.717) is 35.5 Å². The molecule has 0 N–H and O–H groups in total. The van der Waals surface area contributed by atoms with Gasteiger partial charge >= 0.3 is 0 Å². The molecule has 0 saturated heterocycles. The van der Waals surface area contributed by atoms with E-state index < -0.39 is 0 Å². The molecule has 3 nitrogen and oxygen atoms in total. The molecule has 0 aromatic heterocycles. The van der Waals surface area contributed by atoms with Gasteiger partial charge in [0.1, 0.15) is 5.75 Å². The monoisotopic (exact) mass is 353 g/mol. The van der Waals surface area contributed by atoms with Gasteiger partial charge in [-0.1, -0.05) is 28.1 Å². The van der Waals surface area contributed by atoms with E-state index in [-0.39, 0.29) is 5.78 Å². The Morgan fingerprint density at radius 1 is 1.18 bits per heavy atom. The van der Waals surface area contributed by atoms with Gasteiger partial charge in [0, 0.05) is 16.5 Å². The fourth-order valence-electron chi connectivity index (χ4n) is 2.36. The minimum Gasteiger partial charge on any atom is -0.492 e. The fourth-order valence-corrected chi connectivity index (χ4v) is 2.72. The van der Waals surface area contributed by atoms with Gasteiger partial charge in [-0.05, 0) is 42.0 Å². The molecule has 0 atom stereocenters. The molecule has 108 valence electrons. The van der Waals surface area contributed by atoms with Gasteiger partial charge in [-0.25, -0.2) is 0 Å². The molecule has 0 saturated carbocycles. The Balaban J connectivity index is 1.98. The van der Waals surface area contributed by atoms with E-state index in [1.165, 1.54) is 0 Å². The van der Waals surface area contributed by atoms with Crippen LogP contribution < -0.4 is 4.74 Å². The average Bonchev–Trinajstić information content (AvgIpc) is 2.68. The molecule has 1 aliphatic rings. The number of halogens is 1. The van der Waals surface area contributed by atoms with Crippen molar-refractivity contribution >= 4 is 27.8 Å². The summed E-state index contributed by atoms with van der Waals surface area (Å²) in [5.41, 5.74) is 2.79. The second-order valence-electron chi connectivity index (χ2n) is 4.97. The van der Waals surface area contributed by atoms with Crippen LogP contribution in [0.1, 0.15) is 27.9 Å². The Morgan fingerprint density at radius 3 is 2.68 bits per heavy atom. The van der Waals surface area contributed by atoms with Crippen LogP contribution in [0.3, 0.4) is 0 Å². The lowest BCUT2D eigenvalue weighted by Crippen LogP contribution is -2.02. The van der Waals surface area contributed by atoms with Crippen molar-refractivity contribution in [3.63, 3.8) is 0 Å². The summed E-state index contributed by atoms with van der Waals surface area (Å²) in [7, 11) is 0. The topological polar surface area (TPSA) is 50.1 Å². The Hall–Kier alpha value is -2.38. The summed E-state index contributed by atoms with van der Waals surface area (Å²) in [5.74, 6) is 0.606. The maximum Gasteiger partial charge on any atom is 0.192 e. The number of fused-ring (bicyclic) bond motifs is 1. The molecule has 0 fully saturated rings. The fraction of sp³-hybridized carbons (Fsp3) is 0.111. The van der Waals surface area contributed by atoms with E-state index in [1.54, 1.807) is 18.2 Å². The highest BCUT2D eigenvalue weighted by Gasteiger charge is 2.21. The summed E-state index contributed by atoms with van der Waals surface area (Å²) < 4.78 is 6.50. The Labute approximate surface area is 137 Å². The van der Waals surface area contributed by atoms with Crippen molar-refractivity contribution in [3.05, 3.63) is 69.2 Å². The van der Waals surface area contributed by atoms with Crippen LogP contribution in [-0.2, 0) is 0 Å². The van der Waals surface area contributed by atoms with E-state index in [9.17, 15) is 4.79 Å². The molecule has 2 aromatic carbocycles. The first-order valence-electron chi connectivity index (χ1n) is 6.85. The molecule has 2 aromatic rings. The molecule has 0 spiro atoms. The van der Waals surface area contributed by atoms with Crippen molar-refractivity contribution in [2.24, 2.45) is 0 Å². The third kappa shape index (κ3) is 2.95. The number of ether oxygens (including phenoxy) is 1. The highest BCUT2D eigenvalue weighted by atomic mass is 79.9. The predicted molar refractivity (Wildman–Crippen MR) is 87.7 cm³/mol. The summed E-state index contributed by atoms with van der Waals surface area (Å²) in [6.45, 7) is 0.475. The highest BCUT2D eigenvalue weighted by Crippen LogP contribution is 2.30. The molecule has 0 radical (unpaired) electrons. The van der Waals surface area contributed by atoms with Crippen LogP contribution in [0.4, 0.5) is 0 Å². The molecule has 0 amide bonds. The highest BCUT2D eigenvalue weighted by molar-refractivity contribution is 9.10. The van der Waals surface area contributed by atoms with Crippen molar-refractivity contribution in [2.45, 2.75) is 6.42 Å². The number of hydrogen-bond donors (Lipinski definition) is 0. The van der Waals surface area contributed by atoms with E-state index in [4.69, 9.17) is 10.00 Å². The van der Waals surface area contributed by atoms with Gasteiger partial charge < -0.3 is 4.74 Å². The maximum atomic E-state index is 12.7. The quantitative estimate of drug-likeness (QED) is 0.715. The van der Waals surface area contributed by atoms with Crippen LogP contribution in [0.5, 0.6) is 5.75 Å². The second-order valence-corrected chi connectivity index (χ2v) is 5.89. The number of nitriles is 1. The van der Waals surface area contributed by atoms with Crippen LogP contribution in [0.2, 0.25) is 0 Å². The van der Waals surface area contributed by atoms with Crippen molar-refractivity contribution in [1.29, 1.82) is 5.26 Å². The van der Waals surface area contributed by atoms with E-state index in [0.717, 1.165) is 10.0 Å². The smallest absolute Gasteiger partial charge is 0.192 e. The largest absolute Gasteiger partial charge is 0.492 e. The van der Waals surface area contributed by atoms with Gasteiger partial charge in [-0.15, -0.1) is 0 Å². The average molecular weight is 354 g/mol. The normalized spacial score (nSPS) is 15.6. The number of nitrogens with zero attached hydrogens (tertiary/aromatic N) is 1. The van der Waals surface area contributed by atoms with Gasteiger partial charge in [-0.3, -0.25) is 4.79 Å². The van der Waals surface area contributed by atoms with Crippen LogP contribution in [0.15, 0.2) is 52.5 Å². The van der Waals surface area contributed by atoms with Crippen LogP contribution >= 0.6 is 15.9 Å². The van der Waals surface area contributed by atoms with Crippen molar-refractivity contribution < 1.29 is 9.53 Å². The first-order valence-corrected chi connectivity index (χ1v) is 7.64. The molecule has 0 aliphatic carbocycles. The molecule has 0 unspecified atom stereocenters. The first kappa shape index (κ1) is 14.6. The lowest BCUT2D eigenvalue weighted by molar-refractivity contribution is 0.103. The molecule has 1 heterocycles. The molecule has 0 bridgehead atoms. The van der Waals surface area contributed by atoms with Crippen LogP contribution in [-0.4, -0.2) is 12.4 Å². The van der Waals surface area contributed by atoms with Crippen molar-refractivity contribution in [2.75, 3.05) is 6.61 Å². The lowest BCUT2D eigenvalue weighted by Gasteiger charge is -2.05. The van der Waals surface area contributed by atoms with Crippen LogP contribution in [0, 0.1) is 11.3 Å². The van der Waals surface area contributed by atoms with E-state index in [1.807, 2.05) is 30.3 Å². The van der Waals surface area contributed by atoms with Gasteiger partial charge in [0.15, 0.2) is 5.78 Å². The number of carbonyl (C=O) groups is 1. The zero-order valence-electron chi connectivity index (χ0n) is 11.7. The Morgan fingerprint density at radius 2 is 1.95 bits per heavy atom. The number of benzene rings is 2. The Kier molecular flexibility index (Phi) is 4.08. The summed E-state index contributed by atoms with van der Waals surface area (Å²) in [5, 5.41) is 8.82. The van der Waals surface area contributed by atoms with Gasteiger partial charge in [-0.2, -0.15) is 5.26 Å². The number of hydrogen-bond acceptors (Lipinski definition) is 3. The molecule has 4 heteroatoms. The minimum atomic E-state index is -0.0156. The third-order valence-electron chi connectivity index (χ3n) is 3.49. The number of rotatable bonds is 1. The third-order valence-corrected chi connectivity index (χ3v) is 3.98. The minimum absolute atomic E-state index is 0.0156. The van der Waals surface area contributed by atoms with Crippen LogP contribution in [0.25, 0.3) is 6.08 Å². The first-order chi connectivity index (χ1) is 10.7. The van der Waals surface area contributed by atoms with E-state index in [2.05, 4.69) is 22.0 Å². The summed E-state index contributed by atoms with van der Waals surface area (Å²) in [6.07, 6.45) is 2.42. The Bertz CT molecular complexity index is 801. The zero-order chi connectivity index (χ0) is 15.5. The summed E-state index contributed by atoms with van der Waals surface area (Å²) >= 11 is 3.39. The lowest BCUT2D eigenvalue weighted by atomic mass is 9.99. The van der Waals surface area contributed by atoms with Gasteiger partial charge in [0.25, 0.3) is 0 Å². The maximum absolute atomic E-state index is 12.7. The SMILES string of the molecule is N#Cc1ccc(C=C2CCOc3ccc(Br)cc3C2=O)cc1. The standard InChI is InChI=1S/C18H12BrNO2/c19-15-5-6-17-16(10-15)18(21)14(7-8-22-17)9-12-1-3-13(11-20)4-2-12/h1-6,9-10H,7-8H2. The number of carbonyl (C=O) groups excluding carboxylic acids is 1. The van der Waals surface area contributed by atoms with Crippen molar-refractivity contribution in [1.82, 2.24) is 0 Å².